The number of para-hydroxylation sites is 2. The number of amides is 3. The van der Waals surface area contributed by atoms with Crippen LogP contribution in [0.1, 0.15) is 32.3 Å². The van der Waals surface area contributed by atoms with Crippen molar-refractivity contribution in [1.29, 1.82) is 0 Å². The van der Waals surface area contributed by atoms with Crippen molar-refractivity contribution in [2.24, 2.45) is 5.73 Å². The normalized spacial score (nSPS) is 15.0. The van der Waals surface area contributed by atoms with E-state index in [0.717, 1.165) is 18.4 Å². The van der Waals surface area contributed by atoms with Crippen LogP contribution in [0.4, 0.5) is 5.69 Å². The van der Waals surface area contributed by atoms with E-state index in [-0.39, 0.29) is 37.4 Å². The van der Waals surface area contributed by atoms with Gasteiger partial charge < -0.3 is 25.4 Å². The van der Waals surface area contributed by atoms with Crippen LogP contribution in [-0.4, -0.2) is 43.0 Å². The molecule has 1 aliphatic rings. The molecular formula is C24H29N3O5. The van der Waals surface area contributed by atoms with E-state index in [0.29, 0.717) is 17.2 Å². The highest BCUT2D eigenvalue weighted by atomic mass is 16.5. The standard InChI is InChI=1S/C24H29N3O5/c1-3-17(4-2)26-24(30)21-14-27(19-7-5-6-8-20(19)32-21)23(29)15-31-18-11-9-16(10-12-18)13-22(25)28/h5-12,17,21H,3-4,13-15H2,1-2H3,(H2,25,28)(H,26,30). The highest BCUT2D eigenvalue weighted by molar-refractivity contribution is 5.98. The number of hydrogen-bond acceptors (Lipinski definition) is 5. The van der Waals surface area contributed by atoms with Crippen LogP contribution in [0, 0.1) is 0 Å². The van der Waals surface area contributed by atoms with Gasteiger partial charge in [-0.25, -0.2) is 0 Å². The lowest BCUT2D eigenvalue weighted by Crippen LogP contribution is -2.53. The van der Waals surface area contributed by atoms with Crippen LogP contribution in [0.3, 0.4) is 0 Å². The van der Waals surface area contributed by atoms with Gasteiger partial charge in [0.05, 0.1) is 18.7 Å². The van der Waals surface area contributed by atoms with Crippen molar-refractivity contribution >= 4 is 23.4 Å². The minimum absolute atomic E-state index is 0.0632. The molecule has 8 nitrogen and oxygen atoms in total. The molecule has 170 valence electrons. The summed E-state index contributed by atoms with van der Waals surface area (Å²) in [6.45, 7) is 3.92. The molecule has 0 saturated heterocycles. The first kappa shape index (κ1) is 23.1. The molecule has 0 aliphatic carbocycles. The lowest BCUT2D eigenvalue weighted by Gasteiger charge is -2.34. The van der Waals surface area contributed by atoms with Gasteiger partial charge >= 0.3 is 0 Å². The monoisotopic (exact) mass is 439 g/mol. The summed E-state index contributed by atoms with van der Waals surface area (Å²) in [7, 11) is 0. The number of carbonyl (C=O) groups is 3. The molecule has 1 heterocycles. The van der Waals surface area contributed by atoms with Gasteiger partial charge in [0.2, 0.25) is 5.91 Å². The number of primary amides is 1. The molecule has 2 aromatic carbocycles. The van der Waals surface area contributed by atoms with Crippen LogP contribution in [0.15, 0.2) is 48.5 Å². The van der Waals surface area contributed by atoms with Crippen molar-refractivity contribution in [1.82, 2.24) is 5.32 Å². The fourth-order valence-electron chi connectivity index (χ4n) is 3.52. The van der Waals surface area contributed by atoms with Crippen LogP contribution in [0.25, 0.3) is 0 Å². The van der Waals surface area contributed by atoms with Crippen LogP contribution < -0.4 is 25.4 Å². The Bertz CT molecular complexity index is 956. The van der Waals surface area contributed by atoms with Gasteiger partial charge in [0.1, 0.15) is 11.5 Å². The van der Waals surface area contributed by atoms with Gasteiger partial charge in [0.15, 0.2) is 12.7 Å². The third-order valence-corrected chi connectivity index (χ3v) is 5.36. The Labute approximate surface area is 187 Å². The summed E-state index contributed by atoms with van der Waals surface area (Å²) in [6, 6.07) is 14.0. The van der Waals surface area contributed by atoms with E-state index in [1.807, 2.05) is 19.9 Å². The van der Waals surface area contributed by atoms with Crippen LogP contribution >= 0.6 is 0 Å². The average Bonchev–Trinajstić information content (AvgIpc) is 2.80. The smallest absolute Gasteiger partial charge is 0.265 e. The number of nitrogens with zero attached hydrogens (tertiary/aromatic N) is 1. The molecule has 0 saturated carbocycles. The van der Waals surface area contributed by atoms with Gasteiger partial charge in [0.25, 0.3) is 11.8 Å². The largest absolute Gasteiger partial charge is 0.484 e. The molecule has 0 aromatic heterocycles. The Balaban J connectivity index is 1.68. The van der Waals surface area contributed by atoms with Crippen LogP contribution in [0.5, 0.6) is 11.5 Å². The van der Waals surface area contributed by atoms with Crippen molar-refractivity contribution in [3.8, 4) is 11.5 Å². The second-order valence-electron chi connectivity index (χ2n) is 7.68. The quantitative estimate of drug-likeness (QED) is 0.622. The lowest BCUT2D eigenvalue weighted by molar-refractivity contribution is -0.129. The molecule has 1 unspecified atom stereocenters. The summed E-state index contributed by atoms with van der Waals surface area (Å²) in [6.07, 6.45) is 0.979. The van der Waals surface area contributed by atoms with E-state index in [1.165, 1.54) is 4.90 Å². The number of anilines is 1. The van der Waals surface area contributed by atoms with Gasteiger partial charge in [-0.05, 0) is 42.7 Å². The molecular weight excluding hydrogens is 410 g/mol. The molecule has 0 spiro atoms. The zero-order valence-corrected chi connectivity index (χ0v) is 18.4. The first-order valence-corrected chi connectivity index (χ1v) is 10.8. The maximum atomic E-state index is 13.0. The van der Waals surface area contributed by atoms with E-state index in [2.05, 4.69) is 5.32 Å². The fraction of sp³-hybridized carbons (Fsp3) is 0.375. The molecule has 0 fully saturated rings. The summed E-state index contributed by atoms with van der Waals surface area (Å²) in [4.78, 5) is 38.3. The summed E-state index contributed by atoms with van der Waals surface area (Å²) in [5.41, 5.74) is 6.57. The molecule has 0 bridgehead atoms. The number of nitrogens with one attached hydrogen (secondary N) is 1. The van der Waals surface area contributed by atoms with Gasteiger partial charge in [-0.2, -0.15) is 0 Å². The van der Waals surface area contributed by atoms with Crippen LogP contribution in [0.2, 0.25) is 0 Å². The minimum atomic E-state index is -0.803. The van der Waals surface area contributed by atoms with Crippen molar-refractivity contribution < 1.29 is 23.9 Å². The third-order valence-electron chi connectivity index (χ3n) is 5.36. The van der Waals surface area contributed by atoms with Crippen molar-refractivity contribution in [2.75, 3.05) is 18.1 Å². The number of hydrogen-bond donors (Lipinski definition) is 2. The second kappa shape index (κ2) is 10.7. The summed E-state index contributed by atoms with van der Waals surface area (Å²) < 4.78 is 11.5. The molecule has 2 aromatic rings. The maximum Gasteiger partial charge on any atom is 0.265 e. The van der Waals surface area contributed by atoms with Crippen molar-refractivity contribution in [2.45, 2.75) is 45.3 Å². The molecule has 1 atom stereocenters. The Kier molecular flexibility index (Phi) is 7.70. The van der Waals surface area contributed by atoms with E-state index in [1.54, 1.807) is 42.5 Å². The molecule has 32 heavy (non-hydrogen) atoms. The number of rotatable bonds is 9. The third kappa shape index (κ3) is 5.78. The van der Waals surface area contributed by atoms with E-state index in [9.17, 15) is 14.4 Å². The van der Waals surface area contributed by atoms with E-state index < -0.39 is 12.0 Å². The zero-order chi connectivity index (χ0) is 23.1. The molecule has 1 aliphatic heterocycles. The number of fused-ring (bicyclic) bond motifs is 1. The average molecular weight is 440 g/mol. The molecule has 3 rings (SSSR count). The first-order chi connectivity index (χ1) is 15.4. The molecule has 3 amide bonds. The van der Waals surface area contributed by atoms with Gasteiger partial charge in [-0.15, -0.1) is 0 Å². The topological polar surface area (TPSA) is 111 Å². The van der Waals surface area contributed by atoms with E-state index in [4.69, 9.17) is 15.2 Å². The summed E-state index contributed by atoms with van der Waals surface area (Å²) in [5, 5.41) is 2.99. The molecule has 3 N–H and O–H groups in total. The first-order valence-electron chi connectivity index (χ1n) is 10.8. The Morgan fingerprint density at radius 3 is 2.47 bits per heavy atom. The van der Waals surface area contributed by atoms with Gasteiger partial charge in [-0.3, -0.25) is 14.4 Å². The van der Waals surface area contributed by atoms with Gasteiger partial charge in [-0.1, -0.05) is 38.1 Å². The predicted molar refractivity (Wildman–Crippen MR) is 121 cm³/mol. The number of carbonyl (C=O) groups excluding carboxylic acids is 3. The SMILES string of the molecule is CCC(CC)NC(=O)C1CN(C(=O)COc2ccc(CC(N)=O)cc2)c2ccccc2O1. The number of nitrogens with two attached hydrogens (primary N) is 1. The zero-order valence-electron chi connectivity index (χ0n) is 18.4. The predicted octanol–water partition coefficient (Wildman–Crippen LogP) is 2.19. The number of ether oxygens (including phenoxy) is 2. The van der Waals surface area contributed by atoms with Crippen molar-refractivity contribution in [3.05, 3.63) is 54.1 Å². The fourth-order valence-corrected chi connectivity index (χ4v) is 3.52. The molecule has 0 radical (unpaired) electrons. The summed E-state index contributed by atoms with van der Waals surface area (Å²) in [5.74, 6) is 0.0330. The Morgan fingerprint density at radius 2 is 1.81 bits per heavy atom. The molecule has 8 heteroatoms. The maximum absolute atomic E-state index is 13.0. The highest BCUT2D eigenvalue weighted by Gasteiger charge is 2.34. The van der Waals surface area contributed by atoms with Crippen LogP contribution in [-0.2, 0) is 20.8 Å². The summed E-state index contributed by atoms with van der Waals surface area (Å²) >= 11 is 0. The van der Waals surface area contributed by atoms with Crippen molar-refractivity contribution in [3.63, 3.8) is 0 Å². The minimum Gasteiger partial charge on any atom is -0.484 e. The second-order valence-corrected chi connectivity index (χ2v) is 7.68. The highest BCUT2D eigenvalue weighted by Crippen LogP contribution is 2.33. The van der Waals surface area contributed by atoms with Gasteiger partial charge in [0, 0.05) is 6.04 Å². The lowest BCUT2D eigenvalue weighted by atomic mass is 10.1. The Morgan fingerprint density at radius 1 is 1.12 bits per heavy atom. The number of benzene rings is 2. The Hall–Kier alpha value is -3.55. The van der Waals surface area contributed by atoms with E-state index >= 15 is 0 Å².